The molecule has 1 fully saturated rings. The molecule has 0 spiro atoms. The van der Waals surface area contributed by atoms with Crippen molar-refractivity contribution in [1.82, 2.24) is 20.0 Å². The van der Waals surface area contributed by atoms with Crippen molar-refractivity contribution in [1.29, 1.82) is 0 Å². The van der Waals surface area contributed by atoms with E-state index in [1.807, 2.05) is 19.0 Å². The van der Waals surface area contributed by atoms with Crippen LogP contribution in [0.25, 0.3) is 0 Å². The smallest absolute Gasteiger partial charge is 0.276 e. The quantitative estimate of drug-likeness (QED) is 0.827. The zero-order valence-electron chi connectivity index (χ0n) is 12.5. The van der Waals surface area contributed by atoms with Gasteiger partial charge in [-0.05, 0) is 0 Å². The van der Waals surface area contributed by atoms with Gasteiger partial charge >= 0.3 is 0 Å². The Labute approximate surface area is 127 Å². The zero-order chi connectivity index (χ0) is 15.5. The molecule has 0 saturated carbocycles. The molecular weight excluding hydrogens is 286 g/mol. The summed E-state index contributed by atoms with van der Waals surface area (Å²) in [4.78, 5) is 24.6. The summed E-state index contributed by atoms with van der Waals surface area (Å²) < 4.78 is 10.5. The van der Waals surface area contributed by atoms with Crippen molar-refractivity contribution >= 4 is 11.7 Å². The largest absolute Gasteiger partial charge is 0.368 e. The van der Waals surface area contributed by atoms with E-state index in [0.29, 0.717) is 25.4 Å². The third-order valence-electron chi connectivity index (χ3n) is 3.45. The first-order valence-corrected chi connectivity index (χ1v) is 6.96. The highest BCUT2D eigenvalue weighted by molar-refractivity contribution is 5.92. The van der Waals surface area contributed by atoms with E-state index in [1.54, 1.807) is 23.4 Å². The molecule has 0 unspecified atom stereocenters. The second kappa shape index (κ2) is 6.10. The number of rotatable bonds is 3. The molecule has 116 valence electrons. The number of carbonyl (C=O) groups excluding carboxylic acids is 1. The molecule has 0 aliphatic carbocycles. The van der Waals surface area contributed by atoms with Gasteiger partial charge in [-0.15, -0.1) is 0 Å². The van der Waals surface area contributed by atoms with Gasteiger partial charge in [0.25, 0.3) is 5.91 Å². The van der Waals surface area contributed by atoms with Crippen LogP contribution in [-0.4, -0.2) is 59.7 Å². The lowest BCUT2D eigenvalue weighted by Gasteiger charge is -2.33. The molecule has 2 aromatic heterocycles. The number of amides is 1. The summed E-state index contributed by atoms with van der Waals surface area (Å²) in [6, 6.07) is 1.56. The number of hydrogen-bond donors (Lipinski definition) is 0. The zero-order valence-corrected chi connectivity index (χ0v) is 12.5. The van der Waals surface area contributed by atoms with Gasteiger partial charge in [-0.2, -0.15) is 0 Å². The van der Waals surface area contributed by atoms with Crippen molar-refractivity contribution in [3.8, 4) is 0 Å². The minimum atomic E-state index is -0.310. The summed E-state index contributed by atoms with van der Waals surface area (Å²) in [5.41, 5.74) is 1.03. The van der Waals surface area contributed by atoms with Crippen LogP contribution in [0, 0.1) is 0 Å². The maximum absolute atomic E-state index is 12.4. The molecule has 1 aliphatic heterocycles. The molecule has 1 saturated heterocycles. The average Bonchev–Trinajstić information content (AvgIpc) is 3.08. The van der Waals surface area contributed by atoms with Crippen LogP contribution in [0.15, 0.2) is 29.2 Å². The van der Waals surface area contributed by atoms with Crippen LogP contribution >= 0.6 is 0 Å². The summed E-state index contributed by atoms with van der Waals surface area (Å²) in [7, 11) is 3.79. The number of anilines is 1. The van der Waals surface area contributed by atoms with Crippen molar-refractivity contribution in [3.05, 3.63) is 36.1 Å². The van der Waals surface area contributed by atoms with Gasteiger partial charge in [-0.3, -0.25) is 9.78 Å². The molecule has 0 radical (unpaired) electrons. The maximum atomic E-state index is 12.4. The molecule has 0 bridgehead atoms. The standard InChI is InChI=1S/C14H17N5O3/c1-18(2)13-12(15-4-5-16-13)11-9-19(6-8-21-11)14(20)10-3-7-22-17-10/h3-5,7,11H,6,8-9H2,1-2H3/t11-/m0/s1. The molecule has 1 aliphatic rings. The third-order valence-corrected chi connectivity index (χ3v) is 3.45. The Kier molecular flexibility index (Phi) is 4.01. The van der Waals surface area contributed by atoms with Gasteiger partial charge in [0.05, 0.1) is 13.2 Å². The summed E-state index contributed by atoms with van der Waals surface area (Å²) in [5, 5.41) is 3.69. The molecule has 2 aromatic rings. The highest BCUT2D eigenvalue weighted by Crippen LogP contribution is 2.27. The van der Waals surface area contributed by atoms with Crippen LogP contribution in [0.3, 0.4) is 0 Å². The fourth-order valence-electron chi connectivity index (χ4n) is 2.40. The van der Waals surface area contributed by atoms with Gasteiger partial charge in [-0.1, -0.05) is 5.16 Å². The number of aromatic nitrogens is 3. The monoisotopic (exact) mass is 303 g/mol. The normalized spacial score (nSPS) is 18.3. The van der Waals surface area contributed by atoms with Crippen LogP contribution in [0.5, 0.6) is 0 Å². The Morgan fingerprint density at radius 1 is 1.36 bits per heavy atom. The molecule has 8 heteroatoms. The molecule has 0 aromatic carbocycles. The molecule has 1 amide bonds. The van der Waals surface area contributed by atoms with Crippen molar-refractivity contribution in [2.75, 3.05) is 38.7 Å². The molecule has 22 heavy (non-hydrogen) atoms. The van der Waals surface area contributed by atoms with Crippen molar-refractivity contribution in [2.24, 2.45) is 0 Å². The van der Waals surface area contributed by atoms with Gasteiger partial charge in [0.2, 0.25) is 0 Å². The minimum Gasteiger partial charge on any atom is -0.368 e. The van der Waals surface area contributed by atoms with Gasteiger partial charge in [0, 0.05) is 39.1 Å². The lowest BCUT2D eigenvalue weighted by atomic mass is 10.2. The average molecular weight is 303 g/mol. The SMILES string of the molecule is CN(C)c1nccnc1[C@@H]1CN(C(=O)c2ccon2)CCO1. The number of carbonyl (C=O) groups is 1. The topological polar surface area (TPSA) is 84.6 Å². The predicted molar refractivity (Wildman–Crippen MR) is 77.5 cm³/mol. The van der Waals surface area contributed by atoms with E-state index < -0.39 is 0 Å². The Hall–Kier alpha value is -2.48. The lowest BCUT2D eigenvalue weighted by molar-refractivity contribution is -0.0249. The highest BCUT2D eigenvalue weighted by atomic mass is 16.5. The Morgan fingerprint density at radius 2 is 2.18 bits per heavy atom. The highest BCUT2D eigenvalue weighted by Gasteiger charge is 2.30. The van der Waals surface area contributed by atoms with E-state index in [2.05, 4.69) is 15.1 Å². The van der Waals surface area contributed by atoms with Crippen molar-refractivity contribution in [2.45, 2.75) is 6.10 Å². The fourth-order valence-corrected chi connectivity index (χ4v) is 2.40. The van der Waals surface area contributed by atoms with Crippen LogP contribution in [-0.2, 0) is 4.74 Å². The fraction of sp³-hybridized carbons (Fsp3) is 0.429. The van der Waals surface area contributed by atoms with E-state index in [-0.39, 0.29) is 12.0 Å². The Morgan fingerprint density at radius 3 is 2.91 bits per heavy atom. The maximum Gasteiger partial charge on any atom is 0.276 e. The van der Waals surface area contributed by atoms with Crippen LogP contribution in [0.1, 0.15) is 22.3 Å². The molecule has 1 atom stereocenters. The van der Waals surface area contributed by atoms with E-state index in [4.69, 9.17) is 9.26 Å². The van der Waals surface area contributed by atoms with E-state index in [1.165, 1.54) is 6.26 Å². The number of hydrogen-bond acceptors (Lipinski definition) is 7. The number of morpholine rings is 1. The van der Waals surface area contributed by atoms with Gasteiger partial charge < -0.3 is 19.1 Å². The van der Waals surface area contributed by atoms with Crippen LogP contribution in [0.4, 0.5) is 5.82 Å². The molecular formula is C14H17N5O3. The van der Waals surface area contributed by atoms with Crippen LogP contribution < -0.4 is 4.90 Å². The van der Waals surface area contributed by atoms with E-state index >= 15 is 0 Å². The number of ether oxygens (including phenoxy) is 1. The Bertz CT molecular complexity index is 644. The summed E-state index contributed by atoms with van der Waals surface area (Å²) in [6.07, 6.45) is 4.35. The first-order chi connectivity index (χ1) is 10.7. The molecule has 3 heterocycles. The van der Waals surface area contributed by atoms with E-state index in [0.717, 1.165) is 11.5 Å². The molecule has 0 N–H and O–H groups in total. The third kappa shape index (κ3) is 2.77. The van der Waals surface area contributed by atoms with Crippen molar-refractivity contribution < 1.29 is 14.1 Å². The van der Waals surface area contributed by atoms with Gasteiger partial charge in [0.1, 0.15) is 18.1 Å². The first kappa shape index (κ1) is 14.5. The second-order valence-corrected chi connectivity index (χ2v) is 5.15. The predicted octanol–water partition coefficient (Wildman–Crippen LogP) is 0.744. The van der Waals surface area contributed by atoms with Crippen LogP contribution in [0.2, 0.25) is 0 Å². The second-order valence-electron chi connectivity index (χ2n) is 5.15. The summed E-state index contributed by atoms with van der Waals surface area (Å²) in [5.74, 6) is 0.570. The van der Waals surface area contributed by atoms with E-state index in [9.17, 15) is 4.79 Å². The van der Waals surface area contributed by atoms with Crippen molar-refractivity contribution in [3.63, 3.8) is 0 Å². The molecule has 8 nitrogen and oxygen atoms in total. The van der Waals surface area contributed by atoms with Gasteiger partial charge in [0.15, 0.2) is 11.5 Å². The number of nitrogens with zero attached hydrogens (tertiary/aromatic N) is 5. The summed E-state index contributed by atoms with van der Waals surface area (Å²) in [6.45, 7) is 1.36. The first-order valence-electron chi connectivity index (χ1n) is 6.96. The molecule has 3 rings (SSSR count). The summed E-state index contributed by atoms with van der Waals surface area (Å²) >= 11 is 0. The van der Waals surface area contributed by atoms with Gasteiger partial charge in [-0.25, -0.2) is 4.98 Å². The lowest BCUT2D eigenvalue weighted by Crippen LogP contribution is -2.43. The minimum absolute atomic E-state index is 0.169. The Balaban J connectivity index is 1.80.